The van der Waals surface area contributed by atoms with Crippen molar-refractivity contribution in [3.8, 4) is 5.88 Å². The summed E-state index contributed by atoms with van der Waals surface area (Å²) in [7, 11) is 1.62. The van der Waals surface area contributed by atoms with Gasteiger partial charge in [0.15, 0.2) is 0 Å². The van der Waals surface area contributed by atoms with Gasteiger partial charge in [0.25, 0.3) is 0 Å². The van der Waals surface area contributed by atoms with Gasteiger partial charge in [-0.25, -0.2) is 14.8 Å². The lowest BCUT2D eigenvalue weighted by Gasteiger charge is -2.50. The molecule has 3 unspecified atom stereocenters. The van der Waals surface area contributed by atoms with E-state index in [1.54, 1.807) is 19.2 Å². The Morgan fingerprint density at radius 2 is 2.08 bits per heavy atom. The number of nitrogens with zero attached hydrogens (tertiary/aromatic N) is 1. The highest BCUT2D eigenvalue weighted by molar-refractivity contribution is 5.98. The van der Waals surface area contributed by atoms with Gasteiger partial charge in [-0.1, -0.05) is 19.1 Å². The molecule has 3 atom stereocenters. The lowest BCUT2D eigenvalue weighted by atomic mass is 9.53. The number of halogens is 1. The molecule has 8 heteroatoms. The van der Waals surface area contributed by atoms with Gasteiger partial charge >= 0.3 is 0 Å². The number of aromatic nitrogens is 1. The van der Waals surface area contributed by atoms with E-state index in [1.165, 1.54) is 6.07 Å². The van der Waals surface area contributed by atoms with Crippen LogP contribution in [0.3, 0.4) is 0 Å². The molecule has 2 N–H and O–H groups in total. The molecule has 0 amide bonds. The van der Waals surface area contributed by atoms with E-state index in [-0.39, 0.29) is 41.9 Å². The molecule has 1 aromatic heterocycles. The van der Waals surface area contributed by atoms with Gasteiger partial charge in [-0.3, -0.25) is 9.59 Å². The van der Waals surface area contributed by atoms with Crippen LogP contribution in [0.4, 0.5) is 10.1 Å². The van der Waals surface area contributed by atoms with Gasteiger partial charge in [0, 0.05) is 56.4 Å². The number of hydrogen-bond donors (Lipinski definition) is 2. The van der Waals surface area contributed by atoms with E-state index in [9.17, 15) is 9.59 Å². The standard InChI is InChI=1S/C28H34FN3O4/c1-4-17(10-11-35-3)23(33)13-19-12-18-6-5-7-21(29)25(18)28(27(19)34)14-20(15-28)36-24-9-8-22-26(30-24)16(2)31-32-22/h5-9,16-17,19-20,31-32H,4,10-15H2,1-3H3. The highest BCUT2D eigenvalue weighted by Crippen LogP contribution is 2.53. The largest absolute Gasteiger partial charge is 0.474 e. The van der Waals surface area contributed by atoms with Gasteiger partial charge < -0.3 is 14.9 Å². The molecule has 0 saturated heterocycles. The van der Waals surface area contributed by atoms with Crippen molar-refractivity contribution < 1.29 is 23.5 Å². The molecule has 2 aliphatic carbocycles. The van der Waals surface area contributed by atoms with Gasteiger partial charge in [0.1, 0.15) is 23.5 Å². The number of benzene rings is 1. The predicted molar refractivity (Wildman–Crippen MR) is 133 cm³/mol. The zero-order chi connectivity index (χ0) is 25.4. The van der Waals surface area contributed by atoms with Crippen molar-refractivity contribution in [2.24, 2.45) is 11.8 Å². The minimum absolute atomic E-state index is 0.0289. The number of ether oxygens (including phenoxy) is 2. The maximum atomic E-state index is 15.1. The second-order valence-electron chi connectivity index (χ2n) is 10.4. The first-order valence-corrected chi connectivity index (χ1v) is 12.9. The molecule has 1 spiro atoms. The summed E-state index contributed by atoms with van der Waals surface area (Å²) in [6.07, 6.45) is 2.48. The number of Topliss-reactive ketones (excluding diaryl/α,β-unsaturated/α-hetero) is 2. The van der Waals surface area contributed by atoms with E-state index >= 15 is 4.39 Å². The average Bonchev–Trinajstić information content (AvgIpc) is 3.21. The third-order valence-electron chi connectivity index (χ3n) is 8.13. The fraction of sp³-hybridized carbons (Fsp3) is 0.536. The topological polar surface area (TPSA) is 89.6 Å². The summed E-state index contributed by atoms with van der Waals surface area (Å²) in [5.41, 5.74) is 8.37. The lowest BCUT2D eigenvalue weighted by Crippen LogP contribution is -2.58. The number of carbonyl (C=O) groups excluding carboxylic acids is 2. The van der Waals surface area contributed by atoms with Crippen LogP contribution in [0.25, 0.3) is 0 Å². The number of rotatable bonds is 9. The van der Waals surface area contributed by atoms with Crippen molar-refractivity contribution >= 4 is 17.3 Å². The van der Waals surface area contributed by atoms with Gasteiger partial charge in [-0.2, -0.15) is 0 Å². The molecule has 0 radical (unpaired) electrons. The quantitative estimate of drug-likeness (QED) is 0.531. The van der Waals surface area contributed by atoms with Gasteiger partial charge in [-0.05, 0) is 43.9 Å². The molecule has 2 aromatic rings. The number of nitrogens with one attached hydrogen (secondary N) is 2. The first kappa shape index (κ1) is 24.8. The Kier molecular flexibility index (Phi) is 6.83. The normalized spacial score (nSPS) is 27.1. The van der Waals surface area contributed by atoms with Crippen molar-refractivity contribution in [3.63, 3.8) is 0 Å². The minimum atomic E-state index is -0.949. The van der Waals surface area contributed by atoms with Crippen LogP contribution in [0.1, 0.15) is 68.8 Å². The van der Waals surface area contributed by atoms with E-state index in [1.807, 2.05) is 26.0 Å². The van der Waals surface area contributed by atoms with Gasteiger partial charge in [0.05, 0.1) is 22.8 Å². The molecule has 1 saturated carbocycles. The molecule has 1 aliphatic heterocycles. The Morgan fingerprint density at radius 1 is 1.28 bits per heavy atom. The second-order valence-corrected chi connectivity index (χ2v) is 10.4. The fourth-order valence-corrected chi connectivity index (χ4v) is 6.16. The van der Waals surface area contributed by atoms with Crippen LogP contribution in [-0.2, 0) is 26.2 Å². The summed E-state index contributed by atoms with van der Waals surface area (Å²) < 4.78 is 26.4. The van der Waals surface area contributed by atoms with E-state index in [0.29, 0.717) is 50.2 Å². The first-order valence-electron chi connectivity index (χ1n) is 12.9. The maximum Gasteiger partial charge on any atom is 0.213 e. The fourth-order valence-electron chi connectivity index (χ4n) is 6.16. The molecule has 1 fully saturated rings. The van der Waals surface area contributed by atoms with Crippen LogP contribution in [0, 0.1) is 17.7 Å². The molecule has 192 valence electrons. The number of ketones is 2. The molecule has 7 nitrogen and oxygen atoms in total. The minimum Gasteiger partial charge on any atom is -0.474 e. The molecule has 3 aliphatic rings. The average molecular weight is 496 g/mol. The molecule has 1 aromatic carbocycles. The summed E-state index contributed by atoms with van der Waals surface area (Å²) in [6, 6.07) is 8.79. The first-order chi connectivity index (χ1) is 17.4. The van der Waals surface area contributed by atoms with Crippen molar-refractivity contribution in [1.82, 2.24) is 10.4 Å². The summed E-state index contributed by atoms with van der Waals surface area (Å²) >= 11 is 0. The number of fused-ring (bicyclic) bond motifs is 3. The second kappa shape index (κ2) is 9.90. The SMILES string of the molecule is CCC(CCOC)C(=O)CC1Cc2cccc(F)c2C2(CC(Oc3ccc4c(n3)C(C)NN4)C2)C1=O. The molecule has 36 heavy (non-hydrogen) atoms. The summed E-state index contributed by atoms with van der Waals surface area (Å²) in [5.74, 6) is -0.360. The predicted octanol–water partition coefficient (Wildman–Crippen LogP) is 4.45. The van der Waals surface area contributed by atoms with Crippen LogP contribution < -0.4 is 15.6 Å². The van der Waals surface area contributed by atoms with E-state index in [0.717, 1.165) is 16.9 Å². The molecule has 5 rings (SSSR count). The number of hydrogen-bond acceptors (Lipinski definition) is 7. The van der Waals surface area contributed by atoms with Crippen LogP contribution >= 0.6 is 0 Å². The summed E-state index contributed by atoms with van der Waals surface area (Å²) in [4.78, 5) is 31.6. The summed E-state index contributed by atoms with van der Waals surface area (Å²) in [5, 5.41) is 0. The third kappa shape index (κ3) is 4.30. The number of pyridine rings is 1. The Bertz CT molecular complexity index is 1160. The van der Waals surface area contributed by atoms with E-state index in [4.69, 9.17) is 9.47 Å². The van der Waals surface area contributed by atoms with Crippen molar-refractivity contribution in [2.45, 2.75) is 69.9 Å². The third-order valence-corrected chi connectivity index (χ3v) is 8.13. The zero-order valence-electron chi connectivity index (χ0n) is 21.1. The molecule has 2 heterocycles. The summed E-state index contributed by atoms with van der Waals surface area (Å²) in [6.45, 7) is 4.51. The number of methoxy groups -OCH3 is 1. The Labute approximate surface area is 211 Å². The molecule has 0 bridgehead atoms. The zero-order valence-corrected chi connectivity index (χ0v) is 21.1. The smallest absolute Gasteiger partial charge is 0.213 e. The number of anilines is 1. The van der Waals surface area contributed by atoms with E-state index < -0.39 is 11.3 Å². The van der Waals surface area contributed by atoms with Crippen LogP contribution in [0.5, 0.6) is 5.88 Å². The molecular weight excluding hydrogens is 461 g/mol. The Balaban J connectivity index is 1.35. The monoisotopic (exact) mass is 495 g/mol. The van der Waals surface area contributed by atoms with Gasteiger partial charge in [-0.15, -0.1) is 0 Å². The molecular formula is C28H34FN3O4. The van der Waals surface area contributed by atoms with Crippen LogP contribution in [-0.4, -0.2) is 36.4 Å². The van der Waals surface area contributed by atoms with Crippen molar-refractivity contribution in [2.75, 3.05) is 19.1 Å². The highest BCUT2D eigenvalue weighted by Gasteiger charge is 2.58. The Morgan fingerprint density at radius 3 is 2.83 bits per heavy atom. The van der Waals surface area contributed by atoms with Crippen LogP contribution in [0.2, 0.25) is 0 Å². The Hall–Kier alpha value is -2.84. The van der Waals surface area contributed by atoms with Gasteiger partial charge in [0.2, 0.25) is 5.88 Å². The lowest BCUT2D eigenvalue weighted by molar-refractivity contribution is -0.140. The highest BCUT2D eigenvalue weighted by atomic mass is 19.1. The van der Waals surface area contributed by atoms with Crippen molar-refractivity contribution in [3.05, 3.63) is 53.0 Å². The maximum absolute atomic E-state index is 15.1. The van der Waals surface area contributed by atoms with Crippen LogP contribution in [0.15, 0.2) is 30.3 Å². The van der Waals surface area contributed by atoms with Crippen molar-refractivity contribution in [1.29, 1.82) is 0 Å². The number of hydrazine groups is 1. The van der Waals surface area contributed by atoms with E-state index in [2.05, 4.69) is 15.8 Å². The number of carbonyl (C=O) groups is 2.